The predicted molar refractivity (Wildman–Crippen MR) is 78.2 cm³/mol. The molecule has 2 N–H and O–H groups in total. The van der Waals surface area contributed by atoms with Crippen LogP contribution in [0.4, 0.5) is 11.6 Å². The third-order valence-electron chi connectivity index (χ3n) is 2.95. The summed E-state index contributed by atoms with van der Waals surface area (Å²) in [6, 6.07) is 0. The van der Waals surface area contributed by atoms with Gasteiger partial charge in [0.1, 0.15) is 18.0 Å². The first-order valence-corrected chi connectivity index (χ1v) is 7.08. The molecule has 0 aromatic carbocycles. The summed E-state index contributed by atoms with van der Waals surface area (Å²) in [6.45, 7) is 8.38. The molecule has 0 saturated carbocycles. The van der Waals surface area contributed by atoms with E-state index in [-0.39, 0.29) is 0 Å². The number of hydrogen-bond donors (Lipinski definition) is 2. The first-order chi connectivity index (χ1) is 8.79. The van der Waals surface area contributed by atoms with Crippen molar-refractivity contribution >= 4 is 11.6 Å². The maximum atomic E-state index is 4.30. The third kappa shape index (κ3) is 4.90. The molecule has 4 heteroatoms. The molecule has 0 aliphatic carbocycles. The molecule has 0 unspecified atom stereocenters. The van der Waals surface area contributed by atoms with Crippen LogP contribution in [0.2, 0.25) is 0 Å². The van der Waals surface area contributed by atoms with Gasteiger partial charge in [-0.05, 0) is 19.8 Å². The van der Waals surface area contributed by atoms with Crippen molar-refractivity contribution in [1.82, 2.24) is 9.97 Å². The van der Waals surface area contributed by atoms with Gasteiger partial charge in [-0.1, -0.05) is 33.1 Å². The molecular formula is C14H26N4. The van der Waals surface area contributed by atoms with E-state index in [9.17, 15) is 0 Å². The lowest BCUT2D eigenvalue weighted by atomic mass is 10.2. The van der Waals surface area contributed by atoms with Gasteiger partial charge in [-0.2, -0.15) is 0 Å². The van der Waals surface area contributed by atoms with E-state index in [1.165, 1.54) is 25.7 Å². The Labute approximate surface area is 111 Å². The summed E-state index contributed by atoms with van der Waals surface area (Å²) in [4.78, 5) is 8.57. The molecule has 0 amide bonds. The van der Waals surface area contributed by atoms with Gasteiger partial charge in [0.25, 0.3) is 0 Å². The van der Waals surface area contributed by atoms with Crippen molar-refractivity contribution in [2.45, 2.75) is 52.9 Å². The first-order valence-electron chi connectivity index (χ1n) is 7.08. The van der Waals surface area contributed by atoms with Crippen molar-refractivity contribution in [2.24, 2.45) is 0 Å². The number of nitrogens with zero attached hydrogens (tertiary/aromatic N) is 2. The minimum Gasteiger partial charge on any atom is -0.370 e. The molecule has 0 fully saturated rings. The smallest absolute Gasteiger partial charge is 0.134 e. The van der Waals surface area contributed by atoms with Crippen LogP contribution in [0.15, 0.2) is 6.33 Å². The zero-order valence-corrected chi connectivity index (χ0v) is 11.9. The van der Waals surface area contributed by atoms with E-state index in [1.54, 1.807) is 6.33 Å². The topological polar surface area (TPSA) is 49.8 Å². The Balaban J connectivity index is 2.44. The van der Waals surface area contributed by atoms with Crippen LogP contribution in [0, 0.1) is 6.92 Å². The Morgan fingerprint density at radius 3 is 2.17 bits per heavy atom. The molecule has 1 heterocycles. The zero-order valence-electron chi connectivity index (χ0n) is 11.9. The maximum Gasteiger partial charge on any atom is 0.134 e. The molecule has 4 nitrogen and oxygen atoms in total. The predicted octanol–water partition coefficient (Wildman–Crippen LogP) is 3.60. The molecule has 0 saturated heterocycles. The summed E-state index contributed by atoms with van der Waals surface area (Å²) < 4.78 is 0. The molecule has 0 bridgehead atoms. The van der Waals surface area contributed by atoms with Gasteiger partial charge in [-0.25, -0.2) is 9.97 Å². The highest BCUT2D eigenvalue weighted by Gasteiger charge is 2.05. The fourth-order valence-corrected chi connectivity index (χ4v) is 1.81. The van der Waals surface area contributed by atoms with Gasteiger partial charge in [-0.15, -0.1) is 0 Å². The minimum absolute atomic E-state index is 0.947. The summed E-state index contributed by atoms with van der Waals surface area (Å²) in [5.41, 5.74) is 1.11. The summed E-state index contributed by atoms with van der Waals surface area (Å²) >= 11 is 0. The van der Waals surface area contributed by atoms with E-state index in [4.69, 9.17) is 0 Å². The van der Waals surface area contributed by atoms with E-state index in [0.717, 1.165) is 36.7 Å². The van der Waals surface area contributed by atoms with Gasteiger partial charge in [0.2, 0.25) is 0 Å². The van der Waals surface area contributed by atoms with Gasteiger partial charge in [0, 0.05) is 18.7 Å². The second-order valence-electron chi connectivity index (χ2n) is 4.61. The summed E-state index contributed by atoms with van der Waals surface area (Å²) in [6.07, 6.45) is 7.80. The van der Waals surface area contributed by atoms with E-state index in [2.05, 4.69) is 41.4 Å². The van der Waals surface area contributed by atoms with Crippen molar-refractivity contribution in [1.29, 1.82) is 0 Å². The van der Waals surface area contributed by atoms with E-state index in [1.807, 2.05) is 0 Å². The van der Waals surface area contributed by atoms with E-state index >= 15 is 0 Å². The zero-order chi connectivity index (χ0) is 13.2. The molecule has 0 radical (unpaired) electrons. The van der Waals surface area contributed by atoms with Crippen LogP contribution in [0.1, 0.15) is 51.5 Å². The molecular weight excluding hydrogens is 224 g/mol. The van der Waals surface area contributed by atoms with Crippen LogP contribution in [0.5, 0.6) is 0 Å². The average Bonchev–Trinajstić information content (AvgIpc) is 2.39. The molecule has 1 rings (SSSR count). The van der Waals surface area contributed by atoms with E-state index in [0.29, 0.717) is 0 Å². The lowest BCUT2D eigenvalue weighted by Crippen LogP contribution is -2.09. The second kappa shape index (κ2) is 8.72. The van der Waals surface area contributed by atoms with E-state index < -0.39 is 0 Å². The van der Waals surface area contributed by atoms with Crippen LogP contribution in [0.25, 0.3) is 0 Å². The lowest BCUT2D eigenvalue weighted by Gasteiger charge is -2.12. The number of anilines is 2. The molecule has 0 aliphatic rings. The highest BCUT2D eigenvalue weighted by atomic mass is 15.1. The number of rotatable bonds is 9. The molecule has 1 aromatic rings. The maximum absolute atomic E-state index is 4.30. The van der Waals surface area contributed by atoms with Gasteiger partial charge in [0.15, 0.2) is 0 Å². The quantitative estimate of drug-likeness (QED) is 0.657. The summed E-state index contributed by atoms with van der Waals surface area (Å²) in [7, 11) is 0. The fourth-order valence-electron chi connectivity index (χ4n) is 1.81. The monoisotopic (exact) mass is 250 g/mol. The number of aromatic nitrogens is 2. The van der Waals surface area contributed by atoms with Crippen molar-refractivity contribution < 1.29 is 0 Å². The average molecular weight is 250 g/mol. The van der Waals surface area contributed by atoms with Gasteiger partial charge >= 0.3 is 0 Å². The fraction of sp³-hybridized carbons (Fsp3) is 0.714. The number of nitrogens with one attached hydrogen (secondary N) is 2. The van der Waals surface area contributed by atoms with Crippen molar-refractivity contribution in [3.63, 3.8) is 0 Å². The summed E-state index contributed by atoms with van der Waals surface area (Å²) in [5, 5.41) is 6.72. The van der Waals surface area contributed by atoms with Crippen molar-refractivity contribution in [2.75, 3.05) is 23.7 Å². The number of hydrogen-bond acceptors (Lipinski definition) is 4. The Morgan fingerprint density at radius 1 is 0.889 bits per heavy atom. The Kier molecular flexibility index (Phi) is 7.14. The van der Waals surface area contributed by atoms with Crippen LogP contribution in [-0.2, 0) is 0 Å². The van der Waals surface area contributed by atoms with Gasteiger partial charge in [-0.3, -0.25) is 0 Å². The van der Waals surface area contributed by atoms with Crippen LogP contribution in [0.3, 0.4) is 0 Å². The Bertz CT molecular complexity index is 339. The molecule has 0 aliphatic heterocycles. The number of unbranched alkanes of at least 4 members (excludes halogenated alkanes) is 3. The van der Waals surface area contributed by atoms with Gasteiger partial charge in [0.05, 0.1) is 0 Å². The molecule has 1 aromatic heterocycles. The van der Waals surface area contributed by atoms with Gasteiger partial charge < -0.3 is 10.6 Å². The Hall–Kier alpha value is -1.32. The SMILES string of the molecule is CCCCCCNc1ncnc(NCCC)c1C. The summed E-state index contributed by atoms with van der Waals surface area (Å²) in [5.74, 6) is 1.91. The molecule has 102 valence electrons. The van der Waals surface area contributed by atoms with Crippen LogP contribution < -0.4 is 10.6 Å². The minimum atomic E-state index is 0.947. The lowest BCUT2D eigenvalue weighted by molar-refractivity contribution is 0.684. The second-order valence-corrected chi connectivity index (χ2v) is 4.61. The third-order valence-corrected chi connectivity index (χ3v) is 2.95. The highest BCUT2D eigenvalue weighted by molar-refractivity contribution is 5.56. The van der Waals surface area contributed by atoms with Crippen molar-refractivity contribution in [3.05, 3.63) is 11.9 Å². The standard InChI is InChI=1S/C14H26N4/c1-4-6-7-8-10-16-14-12(3)13(15-9-5-2)17-11-18-14/h11H,4-10H2,1-3H3,(H2,15,16,17,18). The highest BCUT2D eigenvalue weighted by Crippen LogP contribution is 2.18. The van der Waals surface area contributed by atoms with Crippen LogP contribution >= 0.6 is 0 Å². The Morgan fingerprint density at radius 2 is 1.56 bits per heavy atom. The van der Waals surface area contributed by atoms with Crippen LogP contribution in [-0.4, -0.2) is 23.1 Å². The largest absolute Gasteiger partial charge is 0.370 e. The normalized spacial score (nSPS) is 10.4. The first kappa shape index (κ1) is 14.7. The molecule has 0 spiro atoms. The molecule has 0 atom stereocenters. The molecule has 18 heavy (non-hydrogen) atoms. The van der Waals surface area contributed by atoms with Crippen molar-refractivity contribution in [3.8, 4) is 0 Å².